The molecule has 6 atom stereocenters. The van der Waals surface area contributed by atoms with E-state index in [-0.39, 0.29) is 42.9 Å². The Morgan fingerprint density at radius 3 is 2.66 bits per heavy atom. The normalized spacial score (nSPS) is 30.9. The third kappa shape index (κ3) is 4.01. The van der Waals surface area contributed by atoms with E-state index in [0.717, 1.165) is 16.8 Å². The molecule has 1 spiro atoms. The highest BCUT2D eigenvalue weighted by molar-refractivity contribution is 9.09. The summed E-state index contributed by atoms with van der Waals surface area (Å²) in [4.78, 5) is 44.2. The molecule has 0 radical (unpaired) electrons. The fourth-order valence-electron chi connectivity index (χ4n) is 6.20. The highest BCUT2D eigenvalue weighted by Gasteiger charge is 2.77. The van der Waals surface area contributed by atoms with Crippen LogP contribution in [0.4, 0.5) is 5.69 Å². The predicted octanol–water partition coefficient (Wildman–Crippen LogP) is 2.52. The molecule has 8 nitrogen and oxygen atoms in total. The minimum atomic E-state index is -1.16. The number of aryl methyl sites for hydroxylation is 2. The number of carbonyl (C=O) groups excluding carboxylic acids is 3. The number of para-hydroxylation sites is 1. The molecule has 1 N–H and O–H groups in total. The van der Waals surface area contributed by atoms with Gasteiger partial charge in [-0.3, -0.25) is 14.4 Å². The molecule has 0 aliphatic carbocycles. The lowest BCUT2D eigenvalue weighted by Crippen LogP contribution is -2.57. The van der Waals surface area contributed by atoms with Gasteiger partial charge in [-0.1, -0.05) is 40.2 Å². The third-order valence-corrected chi connectivity index (χ3v) is 8.27. The van der Waals surface area contributed by atoms with Gasteiger partial charge in [-0.2, -0.15) is 0 Å². The number of hydrogen-bond acceptors (Lipinski definition) is 6. The predicted molar refractivity (Wildman–Crippen MR) is 134 cm³/mol. The quantitative estimate of drug-likeness (QED) is 0.289. The van der Waals surface area contributed by atoms with Crippen molar-refractivity contribution in [3.63, 3.8) is 0 Å². The number of amides is 2. The van der Waals surface area contributed by atoms with E-state index < -0.39 is 35.6 Å². The van der Waals surface area contributed by atoms with Crippen LogP contribution >= 0.6 is 15.9 Å². The van der Waals surface area contributed by atoms with Crippen molar-refractivity contribution in [3.8, 4) is 0 Å². The van der Waals surface area contributed by atoms with Crippen LogP contribution in [-0.2, 0) is 23.9 Å². The zero-order valence-corrected chi connectivity index (χ0v) is 22.0. The van der Waals surface area contributed by atoms with Gasteiger partial charge in [0.05, 0.1) is 24.5 Å². The first-order valence-corrected chi connectivity index (χ1v) is 13.0. The third-order valence-electron chi connectivity index (χ3n) is 7.43. The number of likely N-dealkylation sites (tertiary alicyclic amines) is 1. The number of rotatable bonds is 9. The molecule has 9 heteroatoms. The lowest BCUT2D eigenvalue weighted by atomic mass is 9.70. The second kappa shape index (κ2) is 10.0. The van der Waals surface area contributed by atoms with Gasteiger partial charge >= 0.3 is 5.97 Å². The second-order valence-corrected chi connectivity index (χ2v) is 10.7. The molecular weight excluding hydrogens is 516 g/mol. The largest absolute Gasteiger partial charge is 0.466 e. The molecule has 3 aliphatic heterocycles. The number of carbonyl (C=O) groups is 3. The average molecular weight is 549 g/mol. The summed E-state index contributed by atoms with van der Waals surface area (Å²) in [5.41, 5.74) is 1.48. The molecule has 1 aromatic rings. The van der Waals surface area contributed by atoms with Gasteiger partial charge in [0.25, 0.3) is 5.91 Å². The summed E-state index contributed by atoms with van der Waals surface area (Å²) >= 11 is 3.65. The van der Waals surface area contributed by atoms with Crippen molar-refractivity contribution < 1.29 is 29.0 Å². The van der Waals surface area contributed by atoms with Gasteiger partial charge in [-0.15, -0.1) is 6.58 Å². The molecule has 190 valence electrons. The smallest absolute Gasteiger partial charge is 0.312 e. The summed E-state index contributed by atoms with van der Waals surface area (Å²) in [7, 11) is 0. The highest BCUT2D eigenvalue weighted by Crippen LogP contribution is 2.60. The number of fused-ring (bicyclic) bond motifs is 1. The van der Waals surface area contributed by atoms with Gasteiger partial charge in [-0.25, -0.2) is 0 Å². The van der Waals surface area contributed by atoms with Gasteiger partial charge in [0.1, 0.15) is 11.6 Å². The molecule has 3 unspecified atom stereocenters. The number of nitrogens with zero attached hydrogens (tertiary/aromatic N) is 2. The molecular formula is C26H33BrN2O6. The Bertz CT molecular complexity index is 1010. The molecule has 3 aliphatic rings. The molecule has 2 bridgehead atoms. The van der Waals surface area contributed by atoms with Gasteiger partial charge in [0.2, 0.25) is 5.91 Å². The van der Waals surface area contributed by atoms with Gasteiger partial charge < -0.3 is 24.4 Å². The number of benzene rings is 1. The first-order chi connectivity index (χ1) is 16.7. The molecule has 2 amide bonds. The van der Waals surface area contributed by atoms with Crippen molar-refractivity contribution in [1.29, 1.82) is 0 Å². The fraction of sp³-hybridized carbons (Fsp3) is 0.577. The lowest BCUT2D eigenvalue weighted by Gasteiger charge is -2.37. The highest BCUT2D eigenvalue weighted by atomic mass is 79.9. The Hall–Kier alpha value is -2.23. The molecule has 3 heterocycles. The van der Waals surface area contributed by atoms with Crippen molar-refractivity contribution in [1.82, 2.24) is 4.90 Å². The van der Waals surface area contributed by atoms with Crippen LogP contribution in [0.3, 0.4) is 0 Å². The lowest BCUT2D eigenvalue weighted by molar-refractivity contribution is -0.154. The maximum atomic E-state index is 14.4. The van der Waals surface area contributed by atoms with Crippen LogP contribution < -0.4 is 4.90 Å². The van der Waals surface area contributed by atoms with E-state index >= 15 is 0 Å². The van der Waals surface area contributed by atoms with E-state index in [1.807, 2.05) is 32.0 Å². The number of aliphatic hydroxyl groups is 1. The molecule has 3 fully saturated rings. The van der Waals surface area contributed by atoms with Crippen molar-refractivity contribution in [2.45, 2.75) is 56.2 Å². The summed E-state index contributed by atoms with van der Waals surface area (Å²) in [5.74, 6) is -2.65. The topological polar surface area (TPSA) is 96.4 Å². The monoisotopic (exact) mass is 548 g/mol. The minimum Gasteiger partial charge on any atom is -0.466 e. The van der Waals surface area contributed by atoms with Crippen LogP contribution in [0.1, 0.15) is 30.9 Å². The van der Waals surface area contributed by atoms with Crippen molar-refractivity contribution in [2.24, 2.45) is 11.8 Å². The van der Waals surface area contributed by atoms with Crippen molar-refractivity contribution in [3.05, 3.63) is 42.0 Å². The van der Waals surface area contributed by atoms with Crippen LogP contribution in [0, 0.1) is 25.7 Å². The summed E-state index contributed by atoms with van der Waals surface area (Å²) < 4.78 is 11.8. The Morgan fingerprint density at radius 2 is 2.06 bits per heavy atom. The Kier molecular flexibility index (Phi) is 7.41. The summed E-state index contributed by atoms with van der Waals surface area (Å²) in [6, 6.07) is 4.89. The average Bonchev–Trinajstić information content (AvgIpc) is 3.40. The zero-order chi connectivity index (χ0) is 25.5. The maximum absolute atomic E-state index is 14.4. The van der Waals surface area contributed by atoms with Crippen LogP contribution in [0.15, 0.2) is 30.9 Å². The fourth-order valence-corrected chi connectivity index (χ4v) is 7.14. The van der Waals surface area contributed by atoms with E-state index in [9.17, 15) is 19.5 Å². The standard InChI is InChI=1S/C26H33BrN2O6/c1-5-11-28(20-15(3)9-7-10-16(20)4)24(32)22-26-14-17(27)21(35-26)18(25(33)34-6-2)19(26)23(31)29(22)12-8-13-30/h5,7,9-10,17-19,21-22,30H,1,6,8,11-14H2,2-4H3/t17?,18-,19+,21-,22?,26?/m1/s1. The van der Waals surface area contributed by atoms with Gasteiger partial charge in [-0.05, 0) is 44.7 Å². The van der Waals surface area contributed by atoms with E-state index in [4.69, 9.17) is 9.47 Å². The van der Waals surface area contributed by atoms with Gasteiger partial charge in [0.15, 0.2) is 0 Å². The van der Waals surface area contributed by atoms with Crippen LogP contribution in [0.5, 0.6) is 0 Å². The maximum Gasteiger partial charge on any atom is 0.312 e. The van der Waals surface area contributed by atoms with E-state index in [1.165, 1.54) is 4.90 Å². The van der Waals surface area contributed by atoms with E-state index in [0.29, 0.717) is 12.8 Å². The van der Waals surface area contributed by atoms with Crippen LogP contribution in [-0.4, -0.2) is 76.7 Å². The summed E-state index contributed by atoms with van der Waals surface area (Å²) in [5, 5.41) is 9.51. The van der Waals surface area contributed by atoms with E-state index in [2.05, 4.69) is 22.5 Å². The number of ether oxygens (including phenoxy) is 2. The molecule has 1 aromatic carbocycles. The number of aliphatic hydroxyl groups excluding tert-OH is 1. The van der Waals surface area contributed by atoms with Crippen LogP contribution in [0.2, 0.25) is 0 Å². The second-order valence-electron chi connectivity index (χ2n) is 9.50. The number of anilines is 1. The number of esters is 1. The van der Waals surface area contributed by atoms with Crippen LogP contribution in [0.25, 0.3) is 0 Å². The van der Waals surface area contributed by atoms with E-state index in [1.54, 1.807) is 17.9 Å². The molecule has 3 saturated heterocycles. The van der Waals surface area contributed by atoms with Gasteiger partial charge in [0, 0.05) is 30.2 Å². The number of hydrogen-bond donors (Lipinski definition) is 1. The minimum absolute atomic E-state index is 0.124. The Balaban J connectivity index is 1.82. The Morgan fingerprint density at radius 1 is 1.37 bits per heavy atom. The summed E-state index contributed by atoms with van der Waals surface area (Å²) in [6.45, 7) is 9.98. The zero-order valence-electron chi connectivity index (χ0n) is 20.4. The van der Waals surface area contributed by atoms with Crippen molar-refractivity contribution in [2.75, 3.05) is 31.2 Å². The molecule has 35 heavy (non-hydrogen) atoms. The van der Waals surface area contributed by atoms with Crippen molar-refractivity contribution >= 4 is 39.4 Å². The number of halogens is 1. The number of alkyl halides is 1. The molecule has 0 aromatic heterocycles. The molecule has 0 saturated carbocycles. The molecule has 4 rings (SSSR count). The Labute approximate surface area is 214 Å². The first kappa shape index (κ1) is 25.9. The summed E-state index contributed by atoms with van der Waals surface area (Å²) in [6.07, 6.45) is 1.85. The first-order valence-electron chi connectivity index (χ1n) is 12.1. The SMILES string of the molecule is C=CCN(C(=O)C1N(CCCO)C(=O)[C@@H]2[C@@H](C(=O)OCC)[C@@H]3OC12CC3Br)c1c(C)cccc1C.